The van der Waals surface area contributed by atoms with Crippen LogP contribution in [0.5, 0.6) is 0 Å². The van der Waals surface area contributed by atoms with Gasteiger partial charge in [-0.2, -0.15) is 0 Å². The van der Waals surface area contributed by atoms with Gasteiger partial charge in [-0.25, -0.2) is 9.78 Å². The van der Waals surface area contributed by atoms with Gasteiger partial charge in [0.2, 0.25) is 5.91 Å². The van der Waals surface area contributed by atoms with E-state index >= 15 is 0 Å². The van der Waals surface area contributed by atoms with Gasteiger partial charge < -0.3 is 15.2 Å². The number of carbonyl (C=O) groups is 2. The molecule has 1 amide bonds. The van der Waals surface area contributed by atoms with E-state index in [0.29, 0.717) is 16.5 Å². The number of amides is 1. The van der Waals surface area contributed by atoms with E-state index in [0.717, 1.165) is 5.01 Å². The number of ether oxygens (including phenoxy) is 1. The lowest BCUT2D eigenvalue weighted by atomic mass is 10.1. The predicted octanol–water partition coefficient (Wildman–Crippen LogP) is 1.12. The van der Waals surface area contributed by atoms with Gasteiger partial charge in [0.25, 0.3) is 0 Å². The third-order valence-electron chi connectivity index (χ3n) is 3.34. The number of hydrogen-bond acceptors (Lipinski definition) is 8. The summed E-state index contributed by atoms with van der Waals surface area (Å²) in [5, 5.41) is 15.3. The van der Waals surface area contributed by atoms with E-state index in [1.807, 2.05) is 5.38 Å². The first kappa shape index (κ1) is 18.6. The van der Waals surface area contributed by atoms with Gasteiger partial charge in [-0.1, -0.05) is 6.08 Å². The summed E-state index contributed by atoms with van der Waals surface area (Å²) in [6.45, 7) is 5.43. The lowest BCUT2D eigenvalue weighted by Crippen LogP contribution is -2.34. The highest BCUT2D eigenvalue weighted by Crippen LogP contribution is 2.32. The molecule has 0 saturated carbocycles. The van der Waals surface area contributed by atoms with Gasteiger partial charge in [0, 0.05) is 11.1 Å². The highest BCUT2D eigenvalue weighted by atomic mass is 32.2. The quantitative estimate of drug-likeness (QED) is 0.552. The molecule has 0 saturated heterocycles. The van der Waals surface area contributed by atoms with E-state index in [1.165, 1.54) is 36.3 Å². The number of carbonyl (C=O) groups excluding carboxylic acids is 2. The molecule has 1 aliphatic heterocycles. The summed E-state index contributed by atoms with van der Waals surface area (Å²) in [7, 11) is 1.35. The molecule has 0 spiro atoms. The smallest absolute Gasteiger partial charge is 0.334 e. The molecule has 7 nitrogen and oxygen atoms in total. The number of rotatable bonds is 7. The lowest BCUT2D eigenvalue weighted by Gasteiger charge is -2.15. The number of nitrogens with one attached hydrogen (secondary N) is 1. The van der Waals surface area contributed by atoms with Crippen LogP contribution in [0.25, 0.3) is 0 Å². The van der Waals surface area contributed by atoms with E-state index in [2.05, 4.69) is 21.9 Å². The number of aliphatic hydroxyl groups excluding tert-OH is 1. The number of thiazole rings is 1. The van der Waals surface area contributed by atoms with E-state index < -0.39 is 11.6 Å². The normalized spacial score (nSPS) is 21.0. The largest absolute Gasteiger partial charge is 0.467 e. The first-order valence-electron chi connectivity index (χ1n) is 7.21. The summed E-state index contributed by atoms with van der Waals surface area (Å²) in [5.41, 5.74) is -0.193. The molecule has 0 aliphatic carbocycles. The summed E-state index contributed by atoms with van der Waals surface area (Å²) in [6.07, 6.45) is 0.438. The van der Waals surface area contributed by atoms with Gasteiger partial charge in [0.15, 0.2) is 5.54 Å². The number of aliphatic hydroxyl groups is 1. The zero-order chi connectivity index (χ0) is 17.7. The summed E-state index contributed by atoms with van der Waals surface area (Å²) in [6, 6.07) is 0. The van der Waals surface area contributed by atoms with Crippen molar-refractivity contribution in [2.24, 2.45) is 4.99 Å². The Balaban J connectivity index is 1.96. The molecule has 24 heavy (non-hydrogen) atoms. The number of nitrogens with zero attached hydrogens (tertiary/aromatic N) is 2. The topological polar surface area (TPSA) is 101 Å². The van der Waals surface area contributed by atoms with Crippen molar-refractivity contribution in [1.29, 1.82) is 0 Å². The number of thioether (sulfide) groups is 1. The van der Waals surface area contributed by atoms with Crippen molar-refractivity contribution in [2.45, 2.75) is 31.5 Å². The van der Waals surface area contributed by atoms with Crippen molar-refractivity contribution >= 4 is 40.0 Å². The Bertz CT molecular complexity index is 673. The van der Waals surface area contributed by atoms with Crippen molar-refractivity contribution in [3.63, 3.8) is 0 Å². The van der Waals surface area contributed by atoms with Crippen LogP contribution in [0.4, 0.5) is 0 Å². The van der Waals surface area contributed by atoms with Crippen LogP contribution < -0.4 is 5.32 Å². The molecular weight excluding hydrogens is 350 g/mol. The zero-order valence-corrected chi connectivity index (χ0v) is 15.1. The average molecular weight is 369 g/mol. The summed E-state index contributed by atoms with van der Waals surface area (Å²) in [4.78, 5) is 32.3. The maximum absolute atomic E-state index is 11.8. The fourth-order valence-corrected chi connectivity index (χ4v) is 3.87. The Morgan fingerprint density at radius 1 is 1.62 bits per heavy atom. The van der Waals surface area contributed by atoms with Crippen LogP contribution in [0.3, 0.4) is 0 Å². The van der Waals surface area contributed by atoms with Gasteiger partial charge >= 0.3 is 5.97 Å². The molecule has 2 heterocycles. The minimum atomic E-state index is -0.881. The lowest BCUT2D eigenvalue weighted by molar-refractivity contribution is -0.145. The number of hydrogen-bond donors (Lipinski definition) is 2. The van der Waals surface area contributed by atoms with Crippen LogP contribution in [0.1, 0.15) is 24.0 Å². The maximum atomic E-state index is 11.8. The number of methoxy groups -OCH3 is 1. The standard InChI is InChI=1S/C15H19N3O4S2/c1-4-9(19)5-11(20)16-6-12-17-10(7-23-12)13-18-15(2,8-24-13)14(21)22-3/h4,7,9,19H,1,5-6,8H2,2-3H3,(H,16,20). The van der Waals surface area contributed by atoms with Crippen molar-refractivity contribution in [3.8, 4) is 0 Å². The van der Waals surface area contributed by atoms with Gasteiger partial charge in [0.05, 0.1) is 26.2 Å². The van der Waals surface area contributed by atoms with E-state index in [4.69, 9.17) is 4.74 Å². The highest BCUT2D eigenvalue weighted by Gasteiger charge is 2.40. The van der Waals surface area contributed by atoms with E-state index in [9.17, 15) is 14.7 Å². The minimum absolute atomic E-state index is 0.0260. The van der Waals surface area contributed by atoms with Crippen LogP contribution in [0.2, 0.25) is 0 Å². The third kappa shape index (κ3) is 4.43. The first-order chi connectivity index (χ1) is 11.4. The maximum Gasteiger partial charge on any atom is 0.334 e. The Morgan fingerprint density at radius 2 is 2.38 bits per heavy atom. The molecule has 0 radical (unpaired) electrons. The van der Waals surface area contributed by atoms with E-state index in [-0.39, 0.29) is 24.8 Å². The van der Waals surface area contributed by atoms with Crippen LogP contribution in [-0.2, 0) is 20.9 Å². The number of esters is 1. The first-order valence-corrected chi connectivity index (χ1v) is 9.07. The van der Waals surface area contributed by atoms with Crippen molar-refractivity contribution in [2.75, 3.05) is 12.9 Å². The molecule has 2 N–H and O–H groups in total. The van der Waals surface area contributed by atoms with Crippen molar-refractivity contribution in [1.82, 2.24) is 10.3 Å². The van der Waals surface area contributed by atoms with E-state index in [1.54, 1.807) is 6.92 Å². The highest BCUT2D eigenvalue weighted by molar-refractivity contribution is 8.14. The fourth-order valence-electron chi connectivity index (χ4n) is 1.96. The minimum Gasteiger partial charge on any atom is -0.467 e. The molecule has 1 aromatic rings. The SMILES string of the molecule is C=CC(O)CC(=O)NCc1nc(C2=NC(C)(C(=O)OC)CS2)cs1. The van der Waals surface area contributed by atoms with Gasteiger partial charge in [-0.05, 0) is 6.92 Å². The molecule has 2 rings (SSSR count). The van der Waals surface area contributed by atoms with Crippen LogP contribution in [-0.4, -0.2) is 51.5 Å². The van der Waals surface area contributed by atoms with Gasteiger partial charge in [0.1, 0.15) is 15.7 Å². The molecule has 9 heteroatoms. The molecule has 2 atom stereocenters. The van der Waals surface area contributed by atoms with Crippen molar-refractivity contribution < 1.29 is 19.4 Å². The van der Waals surface area contributed by atoms with Crippen molar-refractivity contribution in [3.05, 3.63) is 28.7 Å². The zero-order valence-electron chi connectivity index (χ0n) is 13.4. The predicted molar refractivity (Wildman–Crippen MR) is 94.2 cm³/mol. The molecule has 1 aromatic heterocycles. The molecular formula is C15H19N3O4S2. The Hall–Kier alpha value is -1.71. The molecule has 2 unspecified atom stereocenters. The van der Waals surface area contributed by atoms with Crippen LogP contribution in [0, 0.1) is 0 Å². The fraction of sp³-hybridized carbons (Fsp3) is 0.467. The molecule has 130 valence electrons. The average Bonchev–Trinajstić information content (AvgIpc) is 3.19. The van der Waals surface area contributed by atoms with Crippen LogP contribution in [0.15, 0.2) is 23.0 Å². The molecule has 0 fully saturated rings. The second-order valence-electron chi connectivity index (χ2n) is 5.38. The molecule has 0 bridgehead atoms. The van der Waals surface area contributed by atoms with Gasteiger partial charge in [-0.3, -0.25) is 9.79 Å². The summed E-state index contributed by atoms with van der Waals surface area (Å²) in [5.74, 6) is -0.128. The number of aliphatic imine (C=N–C) groups is 1. The third-order valence-corrected chi connectivity index (χ3v) is 5.47. The second kappa shape index (κ2) is 7.91. The summed E-state index contributed by atoms with van der Waals surface area (Å²) >= 11 is 2.86. The van der Waals surface area contributed by atoms with Crippen LogP contribution >= 0.6 is 23.1 Å². The Labute approximate surface area is 148 Å². The monoisotopic (exact) mass is 369 g/mol. The Kier molecular flexibility index (Phi) is 6.14. The Morgan fingerprint density at radius 3 is 3.04 bits per heavy atom. The second-order valence-corrected chi connectivity index (χ2v) is 7.29. The number of aromatic nitrogens is 1. The molecule has 0 aromatic carbocycles. The van der Waals surface area contributed by atoms with Gasteiger partial charge in [-0.15, -0.1) is 29.7 Å². The summed E-state index contributed by atoms with van der Waals surface area (Å²) < 4.78 is 4.78. The molecule has 1 aliphatic rings.